The minimum atomic E-state index is -1.06. The summed E-state index contributed by atoms with van der Waals surface area (Å²) in [4.78, 5) is 30.6. The Morgan fingerprint density at radius 2 is 1.96 bits per heavy atom. The molecule has 0 saturated carbocycles. The lowest BCUT2D eigenvalue weighted by molar-refractivity contribution is -0.142. The van der Waals surface area contributed by atoms with E-state index in [0.717, 1.165) is 11.3 Å². The van der Waals surface area contributed by atoms with Crippen LogP contribution in [0.3, 0.4) is 0 Å². The number of H-pyrrole nitrogens is 1. The summed E-state index contributed by atoms with van der Waals surface area (Å²) < 4.78 is 0. The van der Waals surface area contributed by atoms with Gasteiger partial charge in [-0.3, -0.25) is 4.79 Å². The summed E-state index contributed by atoms with van der Waals surface area (Å²) >= 11 is 0. The molecule has 0 bridgehead atoms. The monoisotopic (exact) mass is 316 g/mol. The van der Waals surface area contributed by atoms with E-state index >= 15 is 0 Å². The predicted molar refractivity (Wildman–Crippen MR) is 84.9 cm³/mol. The number of nitrogens with one attached hydrogen (secondary N) is 3. The fourth-order valence-electron chi connectivity index (χ4n) is 2.26. The van der Waals surface area contributed by atoms with Gasteiger partial charge in [0.15, 0.2) is 0 Å². The van der Waals surface area contributed by atoms with Crippen molar-refractivity contribution in [2.75, 3.05) is 7.05 Å². The number of hydrogen-bond acceptors (Lipinski definition) is 4. The highest BCUT2D eigenvalue weighted by Crippen LogP contribution is 2.05. The zero-order valence-corrected chi connectivity index (χ0v) is 12.8. The van der Waals surface area contributed by atoms with E-state index < -0.39 is 18.1 Å². The smallest absolute Gasteiger partial charge is 0.326 e. The van der Waals surface area contributed by atoms with Gasteiger partial charge in [-0.1, -0.05) is 30.3 Å². The number of rotatable bonds is 8. The van der Waals surface area contributed by atoms with E-state index in [-0.39, 0.29) is 12.3 Å². The number of amides is 1. The first-order valence-corrected chi connectivity index (χ1v) is 7.31. The molecule has 1 aromatic heterocycles. The van der Waals surface area contributed by atoms with Crippen LogP contribution in [0.25, 0.3) is 0 Å². The van der Waals surface area contributed by atoms with Crippen molar-refractivity contribution in [3.63, 3.8) is 0 Å². The van der Waals surface area contributed by atoms with Crippen molar-refractivity contribution in [1.29, 1.82) is 0 Å². The minimum Gasteiger partial charge on any atom is -0.480 e. The molecule has 0 aliphatic carbocycles. The summed E-state index contributed by atoms with van der Waals surface area (Å²) in [5, 5.41) is 14.8. The fourth-order valence-corrected chi connectivity index (χ4v) is 2.26. The molecule has 23 heavy (non-hydrogen) atoms. The van der Waals surface area contributed by atoms with Crippen molar-refractivity contribution in [3.05, 3.63) is 54.1 Å². The van der Waals surface area contributed by atoms with Gasteiger partial charge in [-0.05, 0) is 12.6 Å². The molecule has 1 aromatic carbocycles. The summed E-state index contributed by atoms with van der Waals surface area (Å²) in [6.45, 7) is 0. The number of aliphatic carboxylic acids is 1. The molecule has 0 aliphatic heterocycles. The third-order valence-corrected chi connectivity index (χ3v) is 3.54. The molecule has 7 nitrogen and oxygen atoms in total. The van der Waals surface area contributed by atoms with E-state index in [1.54, 1.807) is 13.2 Å². The number of carboxylic acids is 1. The van der Waals surface area contributed by atoms with E-state index in [1.165, 1.54) is 6.33 Å². The van der Waals surface area contributed by atoms with E-state index in [4.69, 9.17) is 0 Å². The van der Waals surface area contributed by atoms with E-state index in [9.17, 15) is 14.7 Å². The Labute approximate surface area is 134 Å². The molecule has 2 rings (SSSR count). The lowest BCUT2D eigenvalue weighted by atomic mass is 10.0. The molecule has 122 valence electrons. The van der Waals surface area contributed by atoms with Crippen LogP contribution in [0.4, 0.5) is 0 Å². The molecule has 7 heteroatoms. The number of likely N-dealkylation sites (N-methyl/N-ethyl adjacent to an activating group) is 1. The molecular weight excluding hydrogens is 296 g/mol. The first-order chi connectivity index (χ1) is 11.1. The summed E-state index contributed by atoms with van der Waals surface area (Å²) in [6, 6.07) is 7.70. The normalized spacial score (nSPS) is 13.3. The van der Waals surface area contributed by atoms with Crippen LogP contribution in [0.1, 0.15) is 11.3 Å². The molecule has 1 heterocycles. The Hall–Kier alpha value is -2.67. The topological polar surface area (TPSA) is 107 Å². The molecular formula is C16H20N4O3. The minimum absolute atomic E-state index is 0.238. The van der Waals surface area contributed by atoms with E-state index in [1.807, 2.05) is 30.3 Å². The van der Waals surface area contributed by atoms with Crippen LogP contribution in [0, 0.1) is 0 Å². The lowest BCUT2D eigenvalue weighted by Crippen LogP contribution is -2.51. The number of aromatic amines is 1. The largest absolute Gasteiger partial charge is 0.480 e. The van der Waals surface area contributed by atoms with E-state index in [2.05, 4.69) is 20.6 Å². The maximum Gasteiger partial charge on any atom is 0.326 e. The number of benzene rings is 1. The second-order valence-corrected chi connectivity index (χ2v) is 5.21. The van der Waals surface area contributed by atoms with Crippen LogP contribution in [0.15, 0.2) is 42.9 Å². The molecule has 0 radical (unpaired) electrons. The van der Waals surface area contributed by atoms with Crippen molar-refractivity contribution in [3.8, 4) is 0 Å². The van der Waals surface area contributed by atoms with Gasteiger partial charge in [0.25, 0.3) is 0 Å². The lowest BCUT2D eigenvalue weighted by Gasteiger charge is -2.19. The van der Waals surface area contributed by atoms with Crippen LogP contribution in [-0.4, -0.2) is 46.1 Å². The van der Waals surface area contributed by atoms with Gasteiger partial charge in [0.2, 0.25) is 5.91 Å². The van der Waals surface area contributed by atoms with Crippen LogP contribution in [0.2, 0.25) is 0 Å². The predicted octanol–water partition coefficient (Wildman–Crippen LogP) is 0.352. The van der Waals surface area contributed by atoms with Gasteiger partial charge in [-0.2, -0.15) is 0 Å². The average molecular weight is 316 g/mol. The number of imidazole rings is 1. The van der Waals surface area contributed by atoms with Gasteiger partial charge in [-0.15, -0.1) is 0 Å². The molecule has 2 atom stereocenters. The number of carbonyl (C=O) groups is 2. The molecule has 4 N–H and O–H groups in total. The van der Waals surface area contributed by atoms with Crippen molar-refractivity contribution < 1.29 is 14.7 Å². The molecule has 0 aliphatic rings. The third kappa shape index (κ3) is 4.93. The standard InChI is InChI=1S/C16H20N4O3/c1-17-13(8-12-9-18-10-19-12)15(21)20-14(16(22)23)7-11-5-3-2-4-6-11/h2-6,9-10,13-14,17H,7-8H2,1H3,(H,18,19)(H,20,21)(H,22,23). The Balaban J connectivity index is 2.00. The first kappa shape index (κ1) is 16.7. The van der Waals surface area contributed by atoms with Crippen molar-refractivity contribution in [2.45, 2.75) is 24.9 Å². The maximum atomic E-state index is 12.3. The fraction of sp³-hybridized carbons (Fsp3) is 0.312. The number of nitrogens with zero attached hydrogens (tertiary/aromatic N) is 1. The number of carbonyl (C=O) groups excluding carboxylic acids is 1. The van der Waals surface area contributed by atoms with Gasteiger partial charge < -0.3 is 20.7 Å². The maximum absolute atomic E-state index is 12.3. The second-order valence-electron chi connectivity index (χ2n) is 5.21. The number of aromatic nitrogens is 2. The molecule has 0 fully saturated rings. The Kier molecular flexibility index (Phi) is 5.87. The van der Waals surface area contributed by atoms with Gasteiger partial charge >= 0.3 is 5.97 Å². The Morgan fingerprint density at radius 3 is 2.52 bits per heavy atom. The van der Waals surface area contributed by atoms with Gasteiger partial charge in [0, 0.05) is 24.7 Å². The van der Waals surface area contributed by atoms with Crippen molar-refractivity contribution in [1.82, 2.24) is 20.6 Å². The molecule has 0 spiro atoms. The van der Waals surface area contributed by atoms with E-state index in [0.29, 0.717) is 6.42 Å². The second kappa shape index (κ2) is 8.09. The summed E-state index contributed by atoms with van der Waals surface area (Å²) in [6.07, 6.45) is 3.81. The third-order valence-electron chi connectivity index (χ3n) is 3.54. The van der Waals surface area contributed by atoms with Gasteiger partial charge in [0.1, 0.15) is 6.04 Å². The Morgan fingerprint density at radius 1 is 1.22 bits per heavy atom. The van der Waals surface area contributed by atoms with Crippen LogP contribution < -0.4 is 10.6 Å². The zero-order chi connectivity index (χ0) is 16.7. The molecule has 2 unspecified atom stereocenters. The molecule has 1 amide bonds. The van der Waals surface area contributed by atoms with Crippen LogP contribution >= 0.6 is 0 Å². The van der Waals surface area contributed by atoms with Crippen LogP contribution in [-0.2, 0) is 22.4 Å². The quantitative estimate of drug-likeness (QED) is 0.562. The highest BCUT2D eigenvalue weighted by Gasteiger charge is 2.25. The Bertz CT molecular complexity index is 628. The SMILES string of the molecule is CNC(Cc1cnc[nH]1)C(=O)NC(Cc1ccccc1)C(=O)O. The average Bonchev–Trinajstić information content (AvgIpc) is 3.05. The summed E-state index contributed by atoms with van der Waals surface area (Å²) in [5.74, 6) is -1.41. The van der Waals surface area contributed by atoms with Crippen molar-refractivity contribution in [2.24, 2.45) is 0 Å². The van der Waals surface area contributed by atoms with Crippen molar-refractivity contribution >= 4 is 11.9 Å². The zero-order valence-electron chi connectivity index (χ0n) is 12.8. The van der Waals surface area contributed by atoms with Gasteiger partial charge in [-0.25, -0.2) is 9.78 Å². The summed E-state index contributed by atoms with van der Waals surface area (Å²) in [7, 11) is 1.66. The summed E-state index contributed by atoms with van der Waals surface area (Å²) in [5.41, 5.74) is 1.66. The van der Waals surface area contributed by atoms with Gasteiger partial charge in [0.05, 0.1) is 12.4 Å². The number of hydrogen-bond donors (Lipinski definition) is 4. The molecule has 0 saturated heterocycles. The highest BCUT2D eigenvalue weighted by molar-refractivity contribution is 5.87. The first-order valence-electron chi connectivity index (χ1n) is 7.31. The number of carboxylic acid groups (broad SMARTS) is 1. The molecule has 2 aromatic rings. The van der Waals surface area contributed by atoms with Crippen LogP contribution in [0.5, 0.6) is 0 Å². The highest BCUT2D eigenvalue weighted by atomic mass is 16.4.